The summed E-state index contributed by atoms with van der Waals surface area (Å²) in [7, 11) is 1.77. The Morgan fingerprint density at radius 3 is 2.94 bits per heavy atom. The fraction of sp³-hybridized carbons (Fsp3) is 0.667. The molecule has 0 aliphatic rings. The highest BCUT2D eigenvalue weighted by molar-refractivity contribution is 9.10. The first-order valence-corrected chi connectivity index (χ1v) is 7.39. The van der Waals surface area contributed by atoms with Gasteiger partial charge in [0.15, 0.2) is 0 Å². The third kappa shape index (κ3) is 4.95. The zero-order valence-corrected chi connectivity index (χ0v) is 12.4. The van der Waals surface area contributed by atoms with Crippen LogP contribution in [0.3, 0.4) is 0 Å². The Morgan fingerprint density at radius 2 is 2.38 bits per heavy atom. The Labute approximate surface area is 111 Å². The molecule has 0 bridgehead atoms. The van der Waals surface area contributed by atoms with Gasteiger partial charge in [-0.3, -0.25) is 0 Å². The van der Waals surface area contributed by atoms with Crippen LogP contribution in [0.1, 0.15) is 24.6 Å². The molecule has 1 unspecified atom stereocenters. The van der Waals surface area contributed by atoms with Crippen molar-refractivity contribution >= 4 is 27.3 Å². The summed E-state index contributed by atoms with van der Waals surface area (Å²) in [5.74, 6) is 0. The van der Waals surface area contributed by atoms with E-state index < -0.39 is 0 Å². The molecule has 92 valence electrons. The normalized spacial score (nSPS) is 12.9. The average molecular weight is 306 g/mol. The molecular weight excluding hydrogens is 286 g/mol. The van der Waals surface area contributed by atoms with Crippen molar-refractivity contribution < 1.29 is 4.74 Å². The van der Waals surface area contributed by atoms with Gasteiger partial charge in [-0.25, -0.2) is 0 Å². The summed E-state index contributed by atoms with van der Waals surface area (Å²) in [6.45, 7) is 4.05. The van der Waals surface area contributed by atoms with Crippen LogP contribution in [0.15, 0.2) is 15.9 Å². The lowest BCUT2D eigenvalue weighted by molar-refractivity contribution is 0.163. The van der Waals surface area contributed by atoms with E-state index in [0.29, 0.717) is 6.04 Å². The maximum atomic E-state index is 5.23. The van der Waals surface area contributed by atoms with Crippen molar-refractivity contribution in [1.29, 1.82) is 0 Å². The molecule has 0 spiro atoms. The highest BCUT2D eigenvalue weighted by Gasteiger charge is 2.09. The van der Waals surface area contributed by atoms with Gasteiger partial charge in [0.25, 0.3) is 0 Å². The summed E-state index contributed by atoms with van der Waals surface area (Å²) in [5, 5.41) is 5.65. The van der Waals surface area contributed by atoms with Gasteiger partial charge in [0.05, 0.1) is 6.61 Å². The van der Waals surface area contributed by atoms with E-state index >= 15 is 0 Å². The molecule has 1 N–H and O–H groups in total. The highest BCUT2D eigenvalue weighted by atomic mass is 79.9. The first kappa shape index (κ1) is 14.2. The summed E-state index contributed by atoms with van der Waals surface area (Å²) >= 11 is 5.38. The van der Waals surface area contributed by atoms with Gasteiger partial charge in [-0.2, -0.15) is 0 Å². The molecule has 16 heavy (non-hydrogen) atoms. The number of hydrogen-bond acceptors (Lipinski definition) is 3. The Bertz CT molecular complexity index is 290. The Morgan fingerprint density at radius 1 is 1.56 bits per heavy atom. The van der Waals surface area contributed by atoms with E-state index in [-0.39, 0.29) is 0 Å². The lowest BCUT2D eigenvalue weighted by Crippen LogP contribution is -2.34. The summed E-state index contributed by atoms with van der Waals surface area (Å²) < 4.78 is 6.47. The number of halogens is 1. The molecule has 0 saturated heterocycles. The largest absolute Gasteiger partial charge is 0.383 e. The zero-order valence-electron chi connectivity index (χ0n) is 9.96. The topological polar surface area (TPSA) is 21.3 Å². The predicted octanol–water partition coefficient (Wildman–Crippen LogP) is 3.46. The minimum atomic E-state index is 0.471. The number of rotatable bonds is 8. The first-order chi connectivity index (χ1) is 7.77. The predicted molar refractivity (Wildman–Crippen MR) is 74.3 cm³/mol. The van der Waals surface area contributed by atoms with Gasteiger partial charge in [0.1, 0.15) is 0 Å². The van der Waals surface area contributed by atoms with E-state index in [1.54, 1.807) is 7.11 Å². The molecule has 1 aromatic rings. The number of ether oxygens (including phenoxy) is 1. The number of nitrogens with one attached hydrogen (secondary N) is 1. The average Bonchev–Trinajstić information content (AvgIpc) is 2.68. The maximum absolute atomic E-state index is 5.23. The first-order valence-electron chi connectivity index (χ1n) is 5.72. The second kappa shape index (κ2) is 8.23. The van der Waals surface area contributed by atoms with Gasteiger partial charge < -0.3 is 10.1 Å². The van der Waals surface area contributed by atoms with E-state index in [0.717, 1.165) is 26.0 Å². The third-order valence-electron chi connectivity index (χ3n) is 2.46. The molecule has 1 aromatic heterocycles. The second-order valence-electron chi connectivity index (χ2n) is 3.84. The van der Waals surface area contributed by atoms with Gasteiger partial charge in [0, 0.05) is 22.5 Å². The minimum absolute atomic E-state index is 0.471. The van der Waals surface area contributed by atoms with Crippen LogP contribution in [0, 0.1) is 0 Å². The van der Waals surface area contributed by atoms with Gasteiger partial charge >= 0.3 is 0 Å². The summed E-state index contributed by atoms with van der Waals surface area (Å²) in [4.78, 5) is 1.43. The second-order valence-corrected chi connectivity index (χ2v) is 5.69. The lowest BCUT2D eigenvalue weighted by atomic mass is 10.1. The van der Waals surface area contributed by atoms with Crippen molar-refractivity contribution in [1.82, 2.24) is 5.32 Å². The van der Waals surface area contributed by atoms with Crippen molar-refractivity contribution in [2.75, 3.05) is 20.3 Å². The molecule has 0 amide bonds. The SMILES string of the molecule is CCCNC(CCc1sccc1Br)COC. The van der Waals surface area contributed by atoms with E-state index in [1.165, 1.54) is 15.8 Å². The number of methoxy groups -OCH3 is 1. The number of hydrogen-bond donors (Lipinski definition) is 1. The van der Waals surface area contributed by atoms with Crippen LogP contribution in [0.5, 0.6) is 0 Å². The van der Waals surface area contributed by atoms with Crippen LogP contribution in [0.25, 0.3) is 0 Å². The van der Waals surface area contributed by atoms with Gasteiger partial charge in [-0.1, -0.05) is 6.92 Å². The molecule has 1 rings (SSSR count). The van der Waals surface area contributed by atoms with Crippen LogP contribution in [-0.2, 0) is 11.2 Å². The van der Waals surface area contributed by atoms with Gasteiger partial charge in [-0.15, -0.1) is 11.3 Å². The fourth-order valence-corrected chi connectivity index (χ4v) is 3.17. The molecule has 0 aromatic carbocycles. The molecule has 0 radical (unpaired) electrons. The van der Waals surface area contributed by atoms with Gasteiger partial charge in [-0.05, 0) is 53.2 Å². The molecular formula is C12H20BrNOS. The van der Waals surface area contributed by atoms with Crippen molar-refractivity contribution in [3.63, 3.8) is 0 Å². The maximum Gasteiger partial charge on any atom is 0.0615 e. The van der Waals surface area contributed by atoms with Crippen LogP contribution in [-0.4, -0.2) is 26.3 Å². The minimum Gasteiger partial charge on any atom is -0.383 e. The van der Waals surface area contributed by atoms with E-state index in [2.05, 4.69) is 39.6 Å². The van der Waals surface area contributed by atoms with Crippen LogP contribution < -0.4 is 5.32 Å². The Hall–Kier alpha value is 0.1000. The molecule has 1 atom stereocenters. The smallest absolute Gasteiger partial charge is 0.0615 e. The Balaban J connectivity index is 2.34. The van der Waals surface area contributed by atoms with E-state index in [1.807, 2.05) is 11.3 Å². The van der Waals surface area contributed by atoms with E-state index in [9.17, 15) is 0 Å². The molecule has 1 heterocycles. The monoisotopic (exact) mass is 305 g/mol. The van der Waals surface area contributed by atoms with Crippen LogP contribution >= 0.6 is 27.3 Å². The van der Waals surface area contributed by atoms with Gasteiger partial charge in [0.2, 0.25) is 0 Å². The molecule has 0 fully saturated rings. The highest BCUT2D eigenvalue weighted by Crippen LogP contribution is 2.24. The van der Waals surface area contributed by atoms with Crippen LogP contribution in [0.4, 0.5) is 0 Å². The molecule has 0 saturated carbocycles. The zero-order chi connectivity index (χ0) is 11.8. The van der Waals surface area contributed by atoms with Crippen molar-refractivity contribution in [3.05, 3.63) is 20.8 Å². The molecule has 4 heteroatoms. The summed E-state index contributed by atoms with van der Waals surface area (Å²) in [6, 6.07) is 2.59. The van der Waals surface area contributed by atoms with Crippen molar-refractivity contribution in [3.8, 4) is 0 Å². The van der Waals surface area contributed by atoms with Crippen molar-refractivity contribution in [2.45, 2.75) is 32.2 Å². The standard InChI is InChI=1S/C12H20BrNOS/c1-3-7-14-10(9-15-2)4-5-12-11(13)6-8-16-12/h6,8,10,14H,3-5,7,9H2,1-2H3. The summed E-state index contributed by atoms with van der Waals surface area (Å²) in [5.41, 5.74) is 0. The fourth-order valence-electron chi connectivity index (χ4n) is 1.60. The lowest BCUT2D eigenvalue weighted by Gasteiger charge is -2.17. The summed E-state index contributed by atoms with van der Waals surface area (Å²) in [6.07, 6.45) is 3.42. The van der Waals surface area contributed by atoms with Crippen LogP contribution in [0.2, 0.25) is 0 Å². The molecule has 2 nitrogen and oxygen atoms in total. The third-order valence-corrected chi connectivity index (χ3v) is 4.45. The molecule has 0 aliphatic heterocycles. The number of thiophene rings is 1. The Kier molecular flexibility index (Phi) is 7.28. The quantitative estimate of drug-likeness (QED) is 0.794. The van der Waals surface area contributed by atoms with Crippen molar-refractivity contribution in [2.24, 2.45) is 0 Å². The number of aryl methyl sites for hydroxylation is 1. The molecule has 0 aliphatic carbocycles. The van der Waals surface area contributed by atoms with E-state index in [4.69, 9.17) is 4.74 Å².